The normalized spacial score (nSPS) is 12.0. The van der Waals surface area contributed by atoms with Crippen molar-refractivity contribution < 1.29 is 26.7 Å². The molecule has 220 valence electrons. The molecule has 11 heteroatoms. The minimum absolute atomic E-state index is 0.00870. The van der Waals surface area contributed by atoms with Gasteiger partial charge in [0.05, 0.1) is 23.2 Å². The summed E-state index contributed by atoms with van der Waals surface area (Å²) in [7, 11) is -4.38. The highest BCUT2D eigenvalue weighted by atomic mass is 35.5. The van der Waals surface area contributed by atoms with Crippen LogP contribution in [0.2, 0.25) is 10.0 Å². The molecule has 6 nitrogen and oxygen atoms in total. The molecule has 0 saturated heterocycles. The average molecular weight is 634 g/mol. The summed E-state index contributed by atoms with van der Waals surface area (Å²) in [5, 5.41) is 3.65. The molecule has 0 fully saturated rings. The zero-order valence-corrected chi connectivity index (χ0v) is 24.9. The number of hydrogen-bond donors (Lipinski definition) is 1. The van der Waals surface area contributed by atoms with Crippen molar-refractivity contribution in [3.05, 3.63) is 129 Å². The number of carbonyl (C=O) groups excluding carboxylic acids is 1. The van der Waals surface area contributed by atoms with Crippen LogP contribution in [0.1, 0.15) is 29.7 Å². The molecule has 0 aliphatic carbocycles. The summed E-state index contributed by atoms with van der Waals surface area (Å²) >= 11 is 11.8. The van der Waals surface area contributed by atoms with Crippen LogP contribution in [-0.2, 0) is 27.6 Å². The first-order chi connectivity index (χ1) is 20.1. The number of anilines is 1. The molecule has 0 radical (unpaired) electrons. The Labute approximate surface area is 253 Å². The van der Waals surface area contributed by atoms with Gasteiger partial charge in [0.2, 0.25) is 0 Å². The Morgan fingerprint density at radius 3 is 2.24 bits per heavy atom. The fourth-order valence-corrected chi connectivity index (χ4v) is 6.37. The second-order valence-corrected chi connectivity index (χ2v) is 12.1. The van der Waals surface area contributed by atoms with Gasteiger partial charge in [-0.2, -0.15) is 0 Å². The second kappa shape index (κ2) is 14.0. The number of nitrogens with one attached hydrogen (secondary N) is 1. The van der Waals surface area contributed by atoms with Crippen LogP contribution >= 0.6 is 23.2 Å². The smallest absolute Gasteiger partial charge is 0.407 e. The van der Waals surface area contributed by atoms with Crippen LogP contribution < -0.4 is 9.62 Å². The van der Waals surface area contributed by atoms with Gasteiger partial charge in [-0.05, 0) is 78.6 Å². The number of sulfonamides is 1. The lowest BCUT2D eigenvalue weighted by molar-refractivity contribution is 0.147. The van der Waals surface area contributed by atoms with Crippen LogP contribution in [0, 0.1) is 11.6 Å². The van der Waals surface area contributed by atoms with E-state index in [1.807, 2.05) is 12.1 Å². The van der Waals surface area contributed by atoms with E-state index in [1.165, 1.54) is 24.3 Å². The molecule has 42 heavy (non-hydrogen) atoms. The molecule has 0 aromatic heterocycles. The summed E-state index contributed by atoms with van der Waals surface area (Å²) in [5.41, 5.74) is 1.77. The molecular weight excluding hydrogens is 605 g/mol. The molecule has 1 amide bonds. The van der Waals surface area contributed by atoms with E-state index in [2.05, 4.69) is 5.32 Å². The van der Waals surface area contributed by atoms with Gasteiger partial charge in [0, 0.05) is 29.1 Å². The average Bonchev–Trinajstić information content (AvgIpc) is 2.96. The third-order valence-electron chi connectivity index (χ3n) is 6.57. The van der Waals surface area contributed by atoms with Gasteiger partial charge in [-0.15, -0.1) is 0 Å². The Bertz CT molecular complexity index is 1640. The fourth-order valence-electron chi connectivity index (χ4n) is 4.48. The fraction of sp³-hybridized carbons (Fsp3) is 0.194. The lowest BCUT2D eigenvalue weighted by Gasteiger charge is -2.32. The molecule has 0 aliphatic rings. The van der Waals surface area contributed by atoms with E-state index in [9.17, 15) is 17.6 Å². The van der Waals surface area contributed by atoms with Crippen molar-refractivity contribution in [2.24, 2.45) is 0 Å². The summed E-state index contributed by atoms with van der Waals surface area (Å²) in [4.78, 5) is 12.1. The minimum Gasteiger partial charge on any atom is -0.449 e. The first-order valence-electron chi connectivity index (χ1n) is 13.0. The highest BCUT2D eigenvalue weighted by Crippen LogP contribution is 2.36. The number of ether oxygens (including phenoxy) is 1. The number of carbonyl (C=O) groups is 1. The monoisotopic (exact) mass is 632 g/mol. The molecule has 1 N–H and O–H groups in total. The van der Waals surface area contributed by atoms with Gasteiger partial charge in [-0.25, -0.2) is 22.0 Å². The maximum Gasteiger partial charge on any atom is 0.407 e. The maximum absolute atomic E-state index is 15.1. The third kappa shape index (κ3) is 7.79. The molecule has 0 unspecified atom stereocenters. The lowest BCUT2D eigenvalue weighted by atomic mass is 9.99. The second-order valence-electron chi connectivity index (χ2n) is 9.41. The van der Waals surface area contributed by atoms with Crippen molar-refractivity contribution in [2.45, 2.75) is 30.7 Å². The molecule has 0 spiro atoms. The van der Waals surface area contributed by atoms with Gasteiger partial charge in [0.25, 0.3) is 10.0 Å². The van der Waals surface area contributed by atoms with Crippen molar-refractivity contribution in [1.82, 2.24) is 5.32 Å². The van der Waals surface area contributed by atoms with Crippen LogP contribution in [0.5, 0.6) is 0 Å². The lowest BCUT2D eigenvalue weighted by Crippen LogP contribution is -2.35. The topological polar surface area (TPSA) is 75.7 Å². The summed E-state index contributed by atoms with van der Waals surface area (Å²) in [6.07, 6.45) is 0.260. The molecule has 0 heterocycles. The van der Waals surface area contributed by atoms with Crippen molar-refractivity contribution >= 4 is 45.0 Å². The quantitative estimate of drug-likeness (QED) is 0.183. The molecule has 4 aromatic carbocycles. The Kier molecular flexibility index (Phi) is 10.4. The van der Waals surface area contributed by atoms with Crippen LogP contribution in [-0.4, -0.2) is 27.7 Å². The van der Waals surface area contributed by atoms with Crippen molar-refractivity contribution in [1.29, 1.82) is 0 Å². The molecular formula is C31H28Cl2F2N2O4S. The van der Waals surface area contributed by atoms with E-state index in [4.69, 9.17) is 27.9 Å². The molecule has 0 bridgehead atoms. The third-order valence-corrected chi connectivity index (χ3v) is 8.98. The first kappa shape index (κ1) is 31.3. The standard InChI is InChI=1S/C31H28Cl2F2N2O4S/c1-21(37(30-20-26(34)12-15-29(30)35)42(39,40)27-13-10-25(33)11-14-27)28-5-3-2-4-23(28)17-19-41-31(38)36-18-16-22-6-8-24(32)9-7-22/h2-15,20-21H,16-19H2,1H3,(H,36,38)/t21-/m1/s1. The number of hydrogen-bond acceptors (Lipinski definition) is 4. The number of rotatable bonds is 11. The van der Waals surface area contributed by atoms with Crippen LogP contribution in [0.25, 0.3) is 0 Å². The maximum atomic E-state index is 15.1. The predicted molar refractivity (Wildman–Crippen MR) is 161 cm³/mol. The zero-order valence-electron chi connectivity index (χ0n) is 22.6. The molecule has 0 aliphatic heterocycles. The molecule has 0 saturated carbocycles. The summed E-state index contributed by atoms with van der Waals surface area (Å²) < 4.78 is 63.3. The molecule has 4 rings (SSSR count). The number of amides is 1. The number of alkyl carbamates (subject to hydrolysis) is 1. The van der Waals surface area contributed by atoms with Crippen molar-refractivity contribution in [2.75, 3.05) is 17.5 Å². The van der Waals surface area contributed by atoms with E-state index < -0.39 is 39.5 Å². The largest absolute Gasteiger partial charge is 0.449 e. The van der Waals surface area contributed by atoms with Gasteiger partial charge in [-0.1, -0.05) is 59.6 Å². The summed E-state index contributed by atoms with van der Waals surface area (Å²) in [6, 6.07) is 21.4. The van der Waals surface area contributed by atoms with Crippen molar-refractivity contribution in [3.8, 4) is 0 Å². The highest BCUT2D eigenvalue weighted by molar-refractivity contribution is 7.92. The van der Waals surface area contributed by atoms with Gasteiger partial charge >= 0.3 is 6.09 Å². The number of halogens is 4. The Hall–Kier alpha value is -3.66. The minimum atomic E-state index is -4.38. The van der Waals surface area contributed by atoms with Gasteiger partial charge in [0.15, 0.2) is 0 Å². The molecule has 1 atom stereocenters. The van der Waals surface area contributed by atoms with Crippen LogP contribution in [0.15, 0.2) is 95.9 Å². The predicted octanol–water partition coefficient (Wildman–Crippen LogP) is 7.74. The van der Waals surface area contributed by atoms with Crippen LogP contribution in [0.4, 0.5) is 19.3 Å². The first-order valence-corrected chi connectivity index (χ1v) is 15.2. The Morgan fingerprint density at radius 2 is 1.55 bits per heavy atom. The Balaban J connectivity index is 1.52. The Morgan fingerprint density at radius 1 is 0.905 bits per heavy atom. The summed E-state index contributed by atoms with van der Waals surface area (Å²) in [5.74, 6) is -1.70. The number of nitrogens with zero attached hydrogens (tertiary/aromatic N) is 1. The molecule has 4 aromatic rings. The van der Waals surface area contributed by atoms with E-state index in [1.54, 1.807) is 43.3 Å². The van der Waals surface area contributed by atoms with E-state index >= 15 is 4.39 Å². The van der Waals surface area contributed by atoms with E-state index in [-0.39, 0.29) is 17.9 Å². The van der Waals surface area contributed by atoms with Crippen molar-refractivity contribution in [3.63, 3.8) is 0 Å². The van der Waals surface area contributed by atoms with Gasteiger partial charge < -0.3 is 10.1 Å². The van der Waals surface area contributed by atoms with Crippen LogP contribution in [0.3, 0.4) is 0 Å². The SMILES string of the molecule is C[C@H](c1ccccc1CCOC(=O)NCCc1ccc(Cl)cc1)N(c1cc(F)ccc1F)S(=O)(=O)c1ccc(Cl)cc1. The zero-order chi connectivity index (χ0) is 30.3. The highest BCUT2D eigenvalue weighted by Gasteiger charge is 2.33. The summed E-state index contributed by atoms with van der Waals surface area (Å²) in [6.45, 7) is 1.96. The van der Waals surface area contributed by atoms with E-state index in [0.717, 1.165) is 28.1 Å². The number of benzene rings is 4. The van der Waals surface area contributed by atoms with Gasteiger partial charge in [-0.3, -0.25) is 4.31 Å². The van der Waals surface area contributed by atoms with Gasteiger partial charge in [0.1, 0.15) is 11.6 Å². The van der Waals surface area contributed by atoms with E-state index in [0.29, 0.717) is 34.1 Å².